The second-order valence-electron chi connectivity index (χ2n) is 6.19. The van der Waals surface area contributed by atoms with Gasteiger partial charge in [0.05, 0.1) is 0 Å². The highest BCUT2D eigenvalue weighted by Crippen LogP contribution is 2.21. The van der Waals surface area contributed by atoms with Crippen LogP contribution in [0.15, 0.2) is 48.7 Å². The molecule has 0 bridgehead atoms. The number of H-pyrrole nitrogens is 1. The van der Waals surface area contributed by atoms with E-state index in [4.69, 9.17) is 0 Å². The summed E-state index contributed by atoms with van der Waals surface area (Å²) in [6.45, 7) is 5.10. The fourth-order valence-electron chi connectivity index (χ4n) is 3.27. The first kappa shape index (κ1) is 14.8. The number of nitrogens with one attached hydrogen (secondary N) is 1. The number of amides is 1. The van der Waals surface area contributed by atoms with Gasteiger partial charge in [0, 0.05) is 43.3 Å². The van der Waals surface area contributed by atoms with Gasteiger partial charge >= 0.3 is 0 Å². The average molecular weight is 320 g/mol. The van der Waals surface area contributed by atoms with Crippen molar-refractivity contribution in [3.8, 4) is 0 Å². The first-order chi connectivity index (χ1) is 11.7. The van der Waals surface area contributed by atoms with Crippen LogP contribution in [0.25, 0.3) is 10.9 Å². The Hall–Kier alpha value is -2.82. The highest BCUT2D eigenvalue weighted by molar-refractivity contribution is 5.98. The molecular weight excluding hydrogens is 300 g/mol. The third-order valence-corrected chi connectivity index (χ3v) is 4.65. The van der Waals surface area contributed by atoms with E-state index in [9.17, 15) is 4.79 Å². The predicted octanol–water partition coefficient (Wildman–Crippen LogP) is 2.83. The van der Waals surface area contributed by atoms with Crippen molar-refractivity contribution in [1.82, 2.24) is 14.9 Å². The lowest BCUT2D eigenvalue weighted by Gasteiger charge is -2.35. The molecule has 3 aromatic rings. The number of aromatic amines is 1. The van der Waals surface area contributed by atoms with E-state index in [1.807, 2.05) is 41.3 Å². The van der Waals surface area contributed by atoms with E-state index < -0.39 is 0 Å². The van der Waals surface area contributed by atoms with Crippen molar-refractivity contribution in [3.05, 3.63) is 59.9 Å². The number of aryl methyl sites for hydroxylation is 1. The predicted molar refractivity (Wildman–Crippen MR) is 95.4 cm³/mol. The second-order valence-corrected chi connectivity index (χ2v) is 6.19. The Balaban J connectivity index is 1.48. The zero-order valence-electron chi connectivity index (χ0n) is 13.7. The summed E-state index contributed by atoms with van der Waals surface area (Å²) in [5.41, 5.74) is 2.87. The molecule has 5 nitrogen and oxygen atoms in total. The molecule has 1 fully saturated rings. The third kappa shape index (κ3) is 2.62. The van der Waals surface area contributed by atoms with Crippen LogP contribution in [-0.2, 0) is 0 Å². The number of carbonyl (C=O) groups excluding carboxylic acids is 1. The molecule has 0 aliphatic carbocycles. The Morgan fingerprint density at radius 1 is 1.08 bits per heavy atom. The van der Waals surface area contributed by atoms with Gasteiger partial charge in [0.15, 0.2) is 0 Å². The van der Waals surface area contributed by atoms with E-state index >= 15 is 0 Å². The number of fused-ring (bicyclic) bond motifs is 1. The van der Waals surface area contributed by atoms with Gasteiger partial charge in [-0.05, 0) is 36.8 Å². The smallest absolute Gasteiger partial charge is 0.270 e. The third-order valence-electron chi connectivity index (χ3n) is 4.65. The molecule has 1 aliphatic heterocycles. The van der Waals surface area contributed by atoms with Crippen molar-refractivity contribution in [2.75, 3.05) is 31.1 Å². The van der Waals surface area contributed by atoms with Crippen LogP contribution in [0.3, 0.4) is 0 Å². The fraction of sp³-hybridized carbons (Fsp3) is 0.263. The van der Waals surface area contributed by atoms with Gasteiger partial charge in [-0.25, -0.2) is 4.98 Å². The van der Waals surface area contributed by atoms with Gasteiger partial charge in [-0.15, -0.1) is 0 Å². The molecular formula is C19H20N4O. The number of nitrogens with zero attached hydrogens (tertiary/aromatic N) is 3. The highest BCUT2D eigenvalue weighted by Gasteiger charge is 2.23. The molecule has 0 atom stereocenters. The van der Waals surface area contributed by atoms with Gasteiger partial charge in [-0.2, -0.15) is 0 Å². The van der Waals surface area contributed by atoms with E-state index in [0.717, 1.165) is 29.8 Å². The summed E-state index contributed by atoms with van der Waals surface area (Å²) in [6.07, 6.45) is 1.81. The molecule has 1 N–H and O–H groups in total. The summed E-state index contributed by atoms with van der Waals surface area (Å²) in [5.74, 6) is 1.05. The van der Waals surface area contributed by atoms with Gasteiger partial charge in [-0.3, -0.25) is 4.79 Å². The molecule has 2 aromatic heterocycles. The molecule has 122 valence electrons. The number of benzene rings is 1. The van der Waals surface area contributed by atoms with Crippen LogP contribution >= 0.6 is 0 Å². The van der Waals surface area contributed by atoms with E-state index in [0.29, 0.717) is 18.8 Å². The monoisotopic (exact) mass is 320 g/mol. The lowest BCUT2D eigenvalue weighted by Crippen LogP contribution is -2.49. The first-order valence-electron chi connectivity index (χ1n) is 8.26. The van der Waals surface area contributed by atoms with E-state index in [2.05, 4.69) is 27.9 Å². The summed E-state index contributed by atoms with van der Waals surface area (Å²) in [7, 11) is 0. The van der Waals surface area contributed by atoms with Crippen LogP contribution in [0.4, 0.5) is 5.82 Å². The number of rotatable bonds is 2. The molecule has 0 spiro atoms. The molecule has 1 aliphatic rings. The highest BCUT2D eigenvalue weighted by atomic mass is 16.2. The Bertz CT molecular complexity index is 863. The Morgan fingerprint density at radius 3 is 2.62 bits per heavy atom. The Morgan fingerprint density at radius 2 is 1.92 bits per heavy atom. The minimum atomic E-state index is 0.0753. The number of hydrogen-bond donors (Lipinski definition) is 1. The molecule has 4 rings (SSSR count). The molecule has 1 amide bonds. The van der Waals surface area contributed by atoms with Crippen LogP contribution in [0.1, 0.15) is 16.1 Å². The molecule has 1 saturated heterocycles. The number of carbonyl (C=O) groups is 1. The fourth-order valence-corrected chi connectivity index (χ4v) is 3.27. The lowest BCUT2D eigenvalue weighted by atomic mass is 10.1. The minimum absolute atomic E-state index is 0.0753. The molecule has 1 aromatic carbocycles. The summed E-state index contributed by atoms with van der Waals surface area (Å²) >= 11 is 0. The van der Waals surface area contributed by atoms with Crippen LogP contribution in [0.5, 0.6) is 0 Å². The second kappa shape index (κ2) is 6.00. The zero-order chi connectivity index (χ0) is 16.5. The quantitative estimate of drug-likeness (QED) is 0.790. The number of pyridine rings is 1. The maximum absolute atomic E-state index is 12.8. The maximum atomic E-state index is 12.8. The summed E-state index contributed by atoms with van der Waals surface area (Å²) in [6, 6.07) is 14.0. The SMILES string of the molecule is Cc1cccc2[nH]c(C(=O)N3CCN(c4ccccn4)CC3)cc12. The largest absolute Gasteiger partial charge is 0.353 e. The van der Waals surface area contributed by atoms with E-state index in [1.165, 1.54) is 5.56 Å². The lowest BCUT2D eigenvalue weighted by molar-refractivity contribution is 0.0741. The number of piperazine rings is 1. The van der Waals surface area contributed by atoms with Gasteiger partial charge in [-0.1, -0.05) is 18.2 Å². The van der Waals surface area contributed by atoms with E-state index in [1.54, 1.807) is 6.20 Å². The van der Waals surface area contributed by atoms with Crippen molar-refractivity contribution in [2.24, 2.45) is 0 Å². The zero-order valence-corrected chi connectivity index (χ0v) is 13.7. The normalized spacial score (nSPS) is 15.0. The van der Waals surface area contributed by atoms with Crippen molar-refractivity contribution in [2.45, 2.75) is 6.92 Å². The van der Waals surface area contributed by atoms with Crippen LogP contribution in [0, 0.1) is 6.92 Å². The molecule has 0 unspecified atom stereocenters. The average Bonchev–Trinajstić information content (AvgIpc) is 3.08. The molecule has 0 saturated carbocycles. The Labute approximate surface area is 140 Å². The van der Waals surface area contributed by atoms with Crippen LogP contribution < -0.4 is 4.90 Å². The summed E-state index contributed by atoms with van der Waals surface area (Å²) in [4.78, 5) is 24.6. The number of anilines is 1. The molecule has 24 heavy (non-hydrogen) atoms. The minimum Gasteiger partial charge on any atom is -0.353 e. The number of hydrogen-bond acceptors (Lipinski definition) is 3. The van der Waals surface area contributed by atoms with Crippen molar-refractivity contribution in [3.63, 3.8) is 0 Å². The Kier molecular flexibility index (Phi) is 3.69. The molecule has 5 heteroatoms. The maximum Gasteiger partial charge on any atom is 0.270 e. The molecule has 3 heterocycles. The van der Waals surface area contributed by atoms with Crippen molar-refractivity contribution < 1.29 is 4.79 Å². The van der Waals surface area contributed by atoms with Gasteiger partial charge < -0.3 is 14.8 Å². The first-order valence-corrected chi connectivity index (χ1v) is 8.26. The number of aromatic nitrogens is 2. The summed E-state index contributed by atoms with van der Waals surface area (Å²) < 4.78 is 0. The van der Waals surface area contributed by atoms with Crippen LogP contribution in [-0.4, -0.2) is 47.0 Å². The van der Waals surface area contributed by atoms with E-state index in [-0.39, 0.29) is 5.91 Å². The van der Waals surface area contributed by atoms with Gasteiger partial charge in [0.1, 0.15) is 11.5 Å². The van der Waals surface area contributed by atoms with Crippen molar-refractivity contribution in [1.29, 1.82) is 0 Å². The van der Waals surface area contributed by atoms with Gasteiger partial charge in [0.2, 0.25) is 0 Å². The van der Waals surface area contributed by atoms with Gasteiger partial charge in [0.25, 0.3) is 5.91 Å². The molecule has 0 radical (unpaired) electrons. The van der Waals surface area contributed by atoms with Crippen LogP contribution in [0.2, 0.25) is 0 Å². The standard InChI is InChI=1S/C19H20N4O/c1-14-5-4-6-16-15(14)13-17(21-16)19(24)23-11-9-22(10-12-23)18-7-2-3-8-20-18/h2-8,13,21H,9-12H2,1H3. The van der Waals surface area contributed by atoms with Crippen molar-refractivity contribution >= 4 is 22.6 Å². The topological polar surface area (TPSA) is 52.2 Å². The summed E-state index contributed by atoms with van der Waals surface area (Å²) in [5, 5.41) is 1.12.